The summed E-state index contributed by atoms with van der Waals surface area (Å²) in [6.07, 6.45) is 10.8. The van der Waals surface area contributed by atoms with Crippen molar-refractivity contribution >= 4 is 11.9 Å². The Kier molecular flexibility index (Phi) is 8.36. The molecule has 1 aliphatic rings. The van der Waals surface area contributed by atoms with E-state index in [0.29, 0.717) is 22.8 Å². The summed E-state index contributed by atoms with van der Waals surface area (Å²) in [6.45, 7) is 2.28. The van der Waals surface area contributed by atoms with E-state index in [4.69, 9.17) is 10.5 Å². The molecule has 3 aromatic carbocycles. The molecule has 0 unspecified atom stereocenters. The summed E-state index contributed by atoms with van der Waals surface area (Å²) in [4.78, 5) is 23.7. The summed E-state index contributed by atoms with van der Waals surface area (Å²) in [5.74, 6) is 1.02. The second kappa shape index (κ2) is 11.8. The number of hydrogen-bond acceptors (Lipinski definition) is 3. The SMILES string of the molecule is CCCCCC1CCC(c2ccc(-c3ccc(C(=O)Oc4ccc(C(N)=O)cc4)cc3)cc2)CC1. The van der Waals surface area contributed by atoms with Crippen molar-refractivity contribution in [2.75, 3.05) is 0 Å². The van der Waals surface area contributed by atoms with Crippen molar-refractivity contribution in [1.82, 2.24) is 0 Å². The molecule has 0 bridgehead atoms. The first-order chi connectivity index (χ1) is 17.0. The highest BCUT2D eigenvalue weighted by atomic mass is 16.5. The van der Waals surface area contributed by atoms with Gasteiger partial charge in [-0.15, -0.1) is 0 Å². The van der Waals surface area contributed by atoms with Crippen molar-refractivity contribution in [3.8, 4) is 16.9 Å². The van der Waals surface area contributed by atoms with Crippen LogP contribution in [0.3, 0.4) is 0 Å². The Balaban J connectivity index is 1.32. The molecule has 0 aromatic heterocycles. The van der Waals surface area contributed by atoms with E-state index in [1.807, 2.05) is 12.1 Å². The Morgan fingerprint density at radius 3 is 1.91 bits per heavy atom. The molecule has 4 nitrogen and oxygen atoms in total. The Bertz CT molecular complexity index is 1110. The van der Waals surface area contributed by atoms with E-state index in [2.05, 4.69) is 31.2 Å². The number of benzene rings is 3. The standard InChI is InChI=1S/C31H35NO3/c1-2-3-4-5-22-6-8-23(9-7-22)24-10-12-25(13-11-24)26-14-16-28(17-15-26)31(34)35-29-20-18-27(19-21-29)30(32)33/h10-23H,2-9H2,1H3,(H2,32,33). The van der Waals surface area contributed by atoms with Crippen LogP contribution in [0, 0.1) is 5.92 Å². The Hall–Kier alpha value is -3.40. The van der Waals surface area contributed by atoms with Gasteiger partial charge in [0.2, 0.25) is 5.91 Å². The summed E-state index contributed by atoms with van der Waals surface area (Å²) in [7, 11) is 0. The Morgan fingerprint density at radius 1 is 0.771 bits per heavy atom. The third-order valence-corrected chi connectivity index (χ3v) is 7.25. The molecule has 1 fully saturated rings. The molecule has 0 radical (unpaired) electrons. The molecule has 0 saturated heterocycles. The third kappa shape index (κ3) is 6.60. The highest BCUT2D eigenvalue weighted by Crippen LogP contribution is 2.38. The van der Waals surface area contributed by atoms with Crippen LogP contribution in [0.15, 0.2) is 72.8 Å². The quantitative estimate of drug-likeness (QED) is 0.200. The molecule has 4 heteroatoms. The van der Waals surface area contributed by atoms with E-state index >= 15 is 0 Å². The summed E-state index contributed by atoms with van der Waals surface area (Å²) in [5.41, 5.74) is 9.74. The number of primary amides is 1. The maximum absolute atomic E-state index is 12.5. The molecule has 1 aliphatic carbocycles. The van der Waals surface area contributed by atoms with Crippen LogP contribution in [0.2, 0.25) is 0 Å². The van der Waals surface area contributed by atoms with E-state index in [0.717, 1.165) is 17.0 Å². The van der Waals surface area contributed by atoms with Gasteiger partial charge in [0.1, 0.15) is 5.75 Å². The number of unbranched alkanes of at least 4 members (excludes halogenated alkanes) is 2. The Labute approximate surface area is 208 Å². The van der Waals surface area contributed by atoms with E-state index in [1.54, 1.807) is 24.3 Å². The average Bonchev–Trinajstić information content (AvgIpc) is 2.90. The van der Waals surface area contributed by atoms with Crippen molar-refractivity contribution in [2.24, 2.45) is 11.7 Å². The molecule has 1 saturated carbocycles. The zero-order chi connectivity index (χ0) is 24.6. The molecule has 182 valence electrons. The predicted molar refractivity (Wildman–Crippen MR) is 141 cm³/mol. The smallest absolute Gasteiger partial charge is 0.343 e. The van der Waals surface area contributed by atoms with Crippen molar-refractivity contribution in [3.05, 3.63) is 89.5 Å². The number of amides is 1. The number of nitrogens with two attached hydrogens (primary N) is 1. The van der Waals surface area contributed by atoms with Crippen LogP contribution in [-0.2, 0) is 0 Å². The first kappa shape index (κ1) is 24.7. The lowest BCUT2D eigenvalue weighted by atomic mass is 9.77. The molecule has 0 heterocycles. The normalized spacial score (nSPS) is 17.6. The van der Waals surface area contributed by atoms with Crippen LogP contribution in [0.4, 0.5) is 0 Å². The zero-order valence-corrected chi connectivity index (χ0v) is 20.5. The van der Waals surface area contributed by atoms with E-state index in [9.17, 15) is 9.59 Å². The van der Waals surface area contributed by atoms with Crippen LogP contribution in [-0.4, -0.2) is 11.9 Å². The lowest BCUT2D eigenvalue weighted by Gasteiger charge is -2.29. The van der Waals surface area contributed by atoms with Crippen LogP contribution >= 0.6 is 0 Å². The maximum Gasteiger partial charge on any atom is 0.343 e. The van der Waals surface area contributed by atoms with Crippen LogP contribution in [0.1, 0.15) is 90.5 Å². The second-order valence-electron chi connectivity index (χ2n) is 9.69. The average molecular weight is 470 g/mol. The van der Waals surface area contributed by atoms with Gasteiger partial charge in [-0.3, -0.25) is 4.79 Å². The second-order valence-corrected chi connectivity index (χ2v) is 9.69. The Morgan fingerprint density at radius 2 is 1.34 bits per heavy atom. The number of rotatable bonds is 9. The molecule has 0 atom stereocenters. The van der Waals surface area contributed by atoms with Crippen molar-refractivity contribution in [3.63, 3.8) is 0 Å². The minimum Gasteiger partial charge on any atom is -0.423 e. The number of carbonyl (C=O) groups excluding carboxylic acids is 2. The van der Waals surface area contributed by atoms with Gasteiger partial charge in [0.15, 0.2) is 0 Å². The summed E-state index contributed by atoms with van der Waals surface area (Å²) in [5, 5.41) is 0. The van der Waals surface area contributed by atoms with Gasteiger partial charge >= 0.3 is 5.97 Å². The van der Waals surface area contributed by atoms with Gasteiger partial charge in [-0.1, -0.05) is 69.0 Å². The molecular formula is C31H35NO3. The van der Waals surface area contributed by atoms with Crippen LogP contribution < -0.4 is 10.5 Å². The predicted octanol–water partition coefficient (Wildman–Crippen LogP) is 7.53. The fourth-order valence-corrected chi connectivity index (χ4v) is 5.07. The highest BCUT2D eigenvalue weighted by Gasteiger charge is 2.22. The lowest BCUT2D eigenvalue weighted by molar-refractivity contribution is 0.0734. The van der Waals surface area contributed by atoms with Gasteiger partial charge in [0.25, 0.3) is 0 Å². The fraction of sp³-hybridized carbons (Fsp3) is 0.355. The van der Waals surface area contributed by atoms with Crippen molar-refractivity contribution < 1.29 is 14.3 Å². The van der Waals surface area contributed by atoms with Crippen molar-refractivity contribution in [1.29, 1.82) is 0 Å². The van der Waals surface area contributed by atoms with Gasteiger partial charge in [0, 0.05) is 5.56 Å². The van der Waals surface area contributed by atoms with Crippen molar-refractivity contribution in [2.45, 2.75) is 64.2 Å². The van der Waals surface area contributed by atoms with Gasteiger partial charge in [-0.25, -0.2) is 4.79 Å². The topological polar surface area (TPSA) is 69.4 Å². The molecular weight excluding hydrogens is 434 g/mol. The monoisotopic (exact) mass is 469 g/mol. The van der Waals surface area contributed by atoms with Gasteiger partial charge in [0.05, 0.1) is 5.56 Å². The maximum atomic E-state index is 12.5. The first-order valence-corrected chi connectivity index (χ1v) is 12.9. The minimum absolute atomic E-state index is 0.370. The van der Waals surface area contributed by atoms with Crippen LogP contribution in [0.25, 0.3) is 11.1 Å². The molecule has 0 spiro atoms. The zero-order valence-electron chi connectivity index (χ0n) is 20.5. The molecule has 35 heavy (non-hydrogen) atoms. The van der Waals surface area contributed by atoms with E-state index in [-0.39, 0.29) is 0 Å². The molecule has 4 rings (SSSR count). The summed E-state index contributed by atoms with van der Waals surface area (Å²) in [6, 6.07) is 22.6. The summed E-state index contributed by atoms with van der Waals surface area (Å²) < 4.78 is 5.41. The molecule has 0 aliphatic heterocycles. The molecule has 1 amide bonds. The highest BCUT2D eigenvalue weighted by molar-refractivity contribution is 5.93. The third-order valence-electron chi connectivity index (χ3n) is 7.25. The van der Waals surface area contributed by atoms with Crippen LogP contribution in [0.5, 0.6) is 5.75 Å². The number of carbonyl (C=O) groups is 2. The fourth-order valence-electron chi connectivity index (χ4n) is 5.07. The minimum atomic E-state index is -0.517. The van der Waals surface area contributed by atoms with Gasteiger partial charge < -0.3 is 10.5 Å². The van der Waals surface area contributed by atoms with E-state index in [1.165, 1.54) is 69.1 Å². The lowest BCUT2D eigenvalue weighted by Crippen LogP contribution is -2.13. The number of esters is 1. The largest absolute Gasteiger partial charge is 0.423 e. The van der Waals surface area contributed by atoms with E-state index < -0.39 is 11.9 Å². The first-order valence-electron chi connectivity index (χ1n) is 12.9. The van der Waals surface area contributed by atoms with Gasteiger partial charge in [-0.05, 0) is 90.6 Å². The molecule has 2 N–H and O–H groups in total. The number of hydrogen-bond donors (Lipinski definition) is 1. The molecule has 3 aromatic rings. The summed E-state index contributed by atoms with van der Waals surface area (Å²) >= 11 is 0. The van der Waals surface area contributed by atoms with Gasteiger partial charge in [-0.2, -0.15) is 0 Å². The number of ether oxygens (including phenoxy) is 1.